The fourth-order valence-corrected chi connectivity index (χ4v) is 2.31. The summed E-state index contributed by atoms with van der Waals surface area (Å²) in [6.07, 6.45) is 1.47. The molecule has 1 aromatic carbocycles. The SMILES string of the molecule is Nc1c(Cl)c(Cl)nc(C(=O)NN=Cc2ccc(Br)cc2)c1Cl. The van der Waals surface area contributed by atoms with E-state index in [0.717, 1.165) is 10.0 Å². The van der Waals surface area contributed by atoms with Gasteiger partial charge in [0.05, 0.1) is 16.9 Å². The predicted octanol–water partition coefficient (Wildman–Crippen LogP) is 4.15. The third kappa shape index (κ3) is 3.89. The number of rotatable bonds is 3. The number of hydrazone groups is 1. The lowest BCUT2D eigenvalue weighted by atomic mass is 10.2. The van der Waals surface area contributed by atoms with Crippen LogP contribution >= 0.6 is 50.7 Å². The van der Waals surface area contributed by atoms with Crippen LogP contribution in [0.2, 0.25) is 15.2 Å². The first-order valence-electron chi connectivity index (χ1n) is 5.79. The molecular formula is C13H8BrCl3N4O. The Morgan fingerprint density at radius 1 is 1.23 bits per heavy atom. The fraction of sp³-hybridized carbons (Fsp3) is 0. The van der Waals surface area contributed by atoms with E-state index >= 15 is 0 Å². The molecule has 0 spiro atoms. The van der Waals surface area contributed by atoms with E-state index < -0.39 is 5.91 Å². The number of pyridine rings is 1. The van der Waals surface area contributed by atoms with Crippen molar-refractivity contribution >= 4 is 68.5 Å². The Bertz CT molecular complexity index is 750. The molecule has 1 aromatic heterocycles. The molecule has 2 aromatic rings. The number of nitrogens with two attached hydrogens (primary N) is 1. The zero-order valence-corrected chi connectivity index (χ0v) is 14.6. The van der Waals surface area contributed by atoms with Gasteiger partial charge in [0.2, 0.25) is 0 Å². The molecular weight excluding hydrogens is 414 g/mol. The molecule has 0 bridgehead atoms. The van der Waals surface area contributed by atoms with Crippen molar-refractivity contribution in [3.63, 3.8) is 0 Å². The molecule has 22 heavy (non-hydrogen) atoms. The van der Waals surface area contributed by atoms with E-state index in [1.54, 1.807) is 0 Å². The summed E-state index contributed by atoms with van der Waals surface area (Å²) in [6.45, 7) is 0. The maximum atomic E-state index is 12.0. The van der Waals surface area contributed by atoms with Crippen LogP contribution in [0.4, 0.5) is 5.69 Å². The zero-order valence-electron chi connectivity index (χ0n) is 10.8. The second-order valence-corrected chi connectivity index (χ2v) is 6.07. The van der Waals surface area contributed by atoms with Gasteiger partial charge in [-0.05, 0) is 17.7 Å². The van der Waals surface area contributed by atoms with E-state index in [4.69, 9.17) is 40.5 Å². The minimum absolute atomic E-state index is 0.00146. The highest BCUT2D eigenvalue weighted by molar-refractivity contribution is 9.10. The molecule has 0 saturated heterocycles. The number of aromatic nitrogens is 1. The van der Waals surface area contributed by atoms with Crippen molar-refractivity contribution in [3.05, 3.63) is 55.2 Å². The summed E-state index contributed by atoms with van der Waals surface area (Å²) in [5.74, 6) is -0.649. The second kappa shape index (κ2) is 7.28. The first-order valence-corrected chi connectivity index (χ1v) is 7.71. The Hall–Kier alpha value is -1.34. The van der Waals surface area contributed by atoms with Gasteiger partial charge in [-0.1, -0.05) is 62.9 Å². The molecule has 2 rings (SSSR count). The molecule has 0 aliphatic heterocycles. The molecule has 114 valence electrons. The third-order valence-corrected chi connectivity index (χ3v) is 4.20. The molecule has 1 amide bonds. The number of hydrogen-bond acceptors (Lipinski definition) is 4. The maximum absolute atomic E-state index is 12.0. The largest absolute Gasteiger partial charge is 0.396 e. The molecule has 5 nitrogen and oxygen atoms in total. The van der Waals surface area contributed by atoms with Crippen LogP contribution in [0.25, 0.3) is 0 Å². The number of hydrogen-bond donors (Lipinski definition) is 2. The average Bonchev–Trinajstić information content (AvgIpc) is 2.50. The van der Waals surface area contributed by atoms with Crippen molar-refractivity contribution in [1.29, 1.82) is 0 Å². The van der Waals surface area contributed by atoms with Gasteiger partial charge >= 0.3 is 0 Å². The first-order chi connectivity index (χ1) is 10.4. The summed E-state index contributed by atoms with van der Waals surface area (Å²) in [7, 11) is 0. The zero-order chi connectivity index (χ0) is 16.3. The van der Waals surface area contributed by atoms with Gasteiger partial charge in [0.25, 0.3) is 5.91 Å². The number of carbonyl (C=O) groups is 1. The lowest BCUT2D eigenvalue weighted by Gasteiger charge is -2.07. The second-order valence-electron chi connectivity index (χ2n) is 4.04. The monoisotopic (exact) mass is 420 g/mol. The minimum Gasteiger partial charge on any atom is -0.396 e. The summed E-state index contributed by atoms with van der Waals surface area (Å²) >= 11 is 20.8. The smallest absolute Gasteiger partial charge is 0.291 e. The van der Waals surface area contributed by atoms with Crippen molar-refractivity contribution in [2.45, 2.75) is 0 Å². The van der Waals surface area contributed by atoms with E-state index in [1.807, 2.05) is 24.3 Å². The molecule has 0 aliphatic rings. The van der Waals surface area contributed by atoms with Crippen molar-refractivity contribution in [3.8, 4) is 0 Å². The van der Waals surface area contributed by atoms with Crippen LogP contribution in [0.1, 0.15) is 16.1 Å². The van der Waals surface area contributed by atoms with Gasteiger partial charge in [-0.3, -0.25) is 4.79 Å². The van der Waals surface area contributed by atoms with Crippen molar-refractivity contribution in [1.82, 2.24) is 10.4 Å². The molecule has 9 heteroatoms. The number of benzene rings is 1. The number of nitrogens with zero attached hydrogens (tertiary/aromatic N) is 2. The predicted molar refractivity (Wildman–Crippen MR) is 92.9 cm³/mol. The van der Waals surface area contributed by atoms with Crippen LogP contribution in [0.15, 0.2) is 33.8 Å². The van der Waals surface area contributed by atoms with Gasteiger partial charge in [0.1, 0.15) is 5.02 Å². The van der Waals surface area contributed by atoms with Gasteiger partial charge in [-0.15, -0.1) is 0 Å². The van der Waals surface area contributed by atoms with Gasteiger partial charge in [0, 0.05) is 4.47 Å². The summed E-state index contributed by atoms with van der Waals surface area (Å²) in [5, 5.41) is 3.63. The summed E-state index contributed by atoms with van der Waals surface area (Å²) in [4.78, 5) is 15.8. The molecule has 0 aliphatic carbocycles. The highest BCUT2D eigenvalue weighted by Gasteiger charge is 2.19. The summed E-state index contributed by atoms with van der Waals surface area (Å²) in [6, 6.07) is 7.34. The fourth-order valence-electron chi connectivity index (χ4n) is 1.45. The number of amides is 1. The van der Waals surface area contributed by atoms with E-state index in [-0.39, 0.29) is 26.6 Å². The summed E-state index contributed by atoms with van der Waals surface area (Å²) < 4.78 is 0.941. The van der Waals surface area contributed by atoms with Crippen LogP contribution < -0.4 is 11.2 Å². The molecule has 1 heterocycles. The Morgan fingerprint density at radius 3 is 2.50 bits per heavy atom. The van der Waals surface area contributed by atoms with Crippen LogP contribution in [-0.4, -0.2) is 17.1 Å². The molecule has 0 atom stereocenters. The highest BCUT2D eigenvalue weighted by Crippen LogP contribution is 2.34. The lowest BCUT2D eigenvalue weighted by molar-refractivity contribution is 0.0950. The Labute approximate surface area is 149 Å². The topological polar surface area (TPSA) is 80.4 Å². The Balaban J connectivity index is 2.15. The number of carbonyl (C=O) groups excluding carboxylic acids is 1. The highest BCUT2D eigenvalue weighted by atomic mass is 79.9. The first kappa shape index (κ1) is 17.0. The van der Waals surface area contributed by atoms with E-state index in [2.05, 4.69) is 31.4 Å². The molecule has 0 radical (unpaired) electrons. The quantitative estimate of drug-likeness (QED) is 0.443. The molecule has 0 fully saturated rings. The van der Waals surface area contributed by atoms with Crippen LogP contribution in [0.3, 0.4) is 0 Å². The van der Waals surface area contributed by atoms with E-state index in [9.17, 15) is 4.79 Å². The number of anilines is 1. The van der Waals surface area contributed by atoms with Crippen LogP contribution in [0.5, 0.6) is 0 Å². The van der Waals surface area contributed by atoms with Crippen molar-refractivity contribution in [2.75, 3.05) is 5.73 Å². The molecule has 3 N–H and O–H groups in total. The van der Waals surface area contributed by atoms with Gasteiger partial charge in [-0.25, -0.2) is 10.4 Å². The molecule has 0 unspecified atom stereocenters. The minimum atomic E-state index is -0.649. The molecule has 0 saturated carbocycles. The number of nitrogen functional groups attached to an aromatic ring is 1. The summed E-state index contributed by atoms with van der Waals surface area (Å²) in [5.41, 5.74) is 8.58. The third-order valence-electron chi connectivity index (χ3n) is 2.54. The van der Waals surface area contributed by atoms with Gasteiger partial charge in [0.15, 0.2) is 10.8 Å². The van der Waals surface area contributed by atoms with Gasteiger partial charge in [-0.2, -0.15) is 5.10 Å². The van der Waals surface area contributed by atoms with Crippen LogP contribution in [0, 0.1) is 0 Å². The average molecular weight is 422 g/mol. The van der Waals surface area contributed by atoms with Crippen molar-refractivity contribution in [2.24, 2.45) is 5.10 Å². The maximum Gasteiger partial charge on any atom is 0.291 e. The number of halogens is 4. The Morgan fingerprint density at radius 2 is 1.86 bits per heavy atom. The van der Waals surface area contributed by atoms with E-state index in [1.165, 1.54) is 6.21 Å². The van der Waals surface area contributed by atoms with Gasteiger partial charge < -0.3 is 5.73 Å². The van der Waals surface area contributed by atoms with Crippen molar-refractivity contribution < 1.29 is 4.79 Å². The van der Waals surface area contributed by atoms with Crippen LogP contribution in [-0.2, 0) is 0 Å². The number of nitrogens with one attached hydrogen (secondary N) is 1. The Kier molecular flexibility index (Phi) is 5.63. The standard InChI is InChI=1S/C13H8BrCl3N4O/c14-7-3-1-6(2-4-7)5-19-21-13(22)11-8(15)10(18)9(16)12(17)20-11/h1-5H,(H2,18,20)(H,21,22). The normalized spacial score (nSPS) is 10.9. The van der Waals surface area contributed by atoms with E-state index in [0.29, 0.717) is 0 Å². The lowest BCUT2D eigenvalue weighted by Crippen LogP contribution is -2.20.